The highest BCUT2D eigenvalue weighted by Crippen LogP contribution is 2.27. The molecule has 4 aromatic rings. The first kappa shape index (κ1) is 22.8. The summed E-state index contributed by atoms with van der Waals surface area (Å²) in [5.74, 6) is 0.586. The molecule has 0 atom stereocenters. The van der Waals surface area contributed by atoms with Crippen molar-refractivity contribution < 1.29 is 14.3 Å². The number of carbonyl (C=O) groups excluding carboxylic acids is 2. The van der Waals surface area contributed by atoms with Crippen LogP contribution in [-0.4, -0.2) is 29.7 Å². The van der Waals surface area contributed by atoms with Crippen LogP contribution in [-0.2, 0) is 16.0 Å². The molecule has 2 N–H and O–H groups in total. The number of rotatable bonds is 8. The Morgan fingerprint density at radius 1 is 1.00 bits per heavy atom. The number of aromatic nitrogens is 1. The summed E-state index contributed by atoms with van der Waals surface area (Å²) >= 11 is 2.78. The van der Waals surface area contributed by atoms with Gasteiger partial charge in [0.1, 0.15) is 5.75 Å². The maximum absolute atomic E-state index is 12.5. The monoisotopic (exact) mass is 477 g/mol. The number of nitrogens with zero attached hydrogens (tertiary/aromatic N) is 1. The van der Waals surface area contributed by atoms with Crippen molar-refractivity contribution in [2.45, 2.75) is 17.7 Å². The number of amides is 2. The number of nitrogens with one attached hydrogen (secondary N) is 2. The maximum Gasteiger partial charge on any atom is 0.234 e. The van der Waals surface area contributed by atoms with Gasteiger partial charge in [0.15, 0.2) is 4.34 Å². The van der Waals surface area contributed by atoms with E-state index in [2.05, 4.69) is 15.6 Å². The number of thioether (sulfide) groups is 1. The first-order valence-corrected chi connectivity index (χ1v) is 12.2. The summed E-state index contributed by atoms with van der Waals surface area (Å²) in [7, 11) is 1.57. The number of benzene rings is 3. The molecular weight excluding hydrogens is 454 g/mol. The van der Waals surface area contributed by atoms with E-state index in [0.29, 0.717) is 17.1 Å². The van der Waals surface area contributed by atoms with Crippen molar-refractivity contribution in [2.75, 3.05) is 23.5 Å². The fourth-order valence-electron chi connectivity index (χ4n) is 3.34. The molecule has 0 aliphatic rings. The smallest absolute Gasteiger partial charge is 0.234 e. The summed E-state index contributed by atoms with van der Waals surface area (Å²) < 4.78 is 6.08. The third-order valence-electron chi connectivity index (χ3n) is 4.89. The molecule has 3 aromatic carbocycles. The number of fused-ring (bicyclic) bond motifs is 1. The van der Waals surface area contributed by atoms with E-state index in [-0.39, 0.29) is 24.0 Å². The minimum atomic E-state index is -0.173. The van der Waals surface area contributed by atoms with Crippen LogP contribution in [0, 0.1) is 6.92 Å². The number of hydrogen-bond acceptors (Lipinski definition) is 6. The van der Waals surface area contributed by atoms with E-state index in [4.69, 9.17) is 4.74 Å². The van der Waals surface area contributed by atoms with Crippen LogP contribution in [0.3, 0.4) is 0 Å². The second-order valence-corrected chi connectivity index (χ2v) is 9.48. The molecule has 6 nitrogen and oxygen atoms in total. The van der Waals surface area contributed by atoms with Crippen molar-refractivity contribution in [1.82, 2.24) is 4.98 Å². The van der Waals surface area contributed by atoms with Gasteiger partial charge in [-0.05, 0) is 36.1 Å². The molecule has 8 heteroatoms. The molecular formula is C25H23N3O3S2. The molecule has 1 heterocycles. The van der Waals surface area contributed by atoms with E-state index in [1.807, 2.05) is 73.0 Å². The Labute approximate surface area is 200 Å². The highest BCUT2D eigenvalue weighted by atomic mass is 32.2. The van der Waals surface area contributed by atoms with Gasteiger partial charge in [-0.1, -0.05) is 54.2 Å². The number of anilines is 2. The molecule has 0 aliphatic carbocycles. The highest BCUT2D eigenvalue weighted by Gasteiger charge is 2.13. The minimum absolute atomic E-state index is 0.0997. The SMILES string of the molecule is COc1cc(C)ccc1NC(=O)Cc1csc(SCC(=O)Nc2cccc3ccccc23)n1. The van der Waals surface area contributed by atoms with Crippen molar-refractivity contribution >= 4 is 57.1 Å². The van der Waals surface area contributed by atoms with Crippen LogP contribution in [0.5, 0.6) is 5.75 Å². The first-order chi connectivity index (χ1) is 16.0. The van der Waals surface area contributed by atoms with E-state index in [1.165, 1.54) is 23.1 Å². The van der Waals surface area contributed by atoms with Crippen LogP contribution in [0.1, 0.15) is 11.3 Å². The Morgan fingerprint density at radius 2 is 1.79 bits per heavy atom. The van der Waals surface area contributed by atoms with Gasteiger partial charge in [-0.25, -0.2) is 4.98 Å². The Balaban J connectivity index is 1.30. The zero-order valence-corrected chi connectivity index (χ0v) is 19.9. The third-order valence-corrected chi connectivity index (χ3v) is 6.96. The summed E-state index contributed by atoms with van der Waals surface area (Å²) in [5, 5.41) is 9.77. The summed E-state index contributed by atoms with van der Waals surface area (Å²) in [5.41, 5.74) is 3.14. The van der Waals surface area contributed by atoms with Crippen molar-refractivity contribution in [3.63, 3.8) is 0 Å². The number of hydrogen-bond donors (Lipinski definition) is 2. The fraction of sp³-hybridized carbons (Fsp3) is 0.160. The fourth-order valence-corrected chi connectivity index (χ4v) is 4.99. The lowest BCUT2D eigenvalue weighted by molar-refractivity contribution is -0.116. The quantitative estimate of drug-likeness (QED) is 0.326. The normalized spacial score (nSPS) is 10.7. The third kappa shape index (κ3) is 5.91. The second-order valence-electron chi connectivity index (χ2n) is 7.40. The van der Waals surface area contributed by atoms with E-state index in [1.54, 1.807) is 7.11 Å². The molecule has 33 heavy (non-hydrogen) atoms. The first-order valence-electron chi connectivity index (χ1n) is 10.3. The number of methoxy groups -OCH3 is 1. The second kappa shape index (κ2) is 10.5. The van der Waals surface area contributed by atoms with Crippen molar-refractivity contribution in [3.05, 3.63) is 77.3 Å². The van der Waals surface area contributed by atoms with Crippen LogP contribution < -0.4 is 15.4 Å². The number of ether oxygens (including phenoxy) is 1. The summed E-state index contributed by atoms with van der Waals surface area (Å²) in [4.78, 5) is 29.4. The van der Waals surface area contributed by atoms with Crippen molar-refractivity contribution in [2.24, 2.45) is 0 Å². The Hall–Kier alpha value is -3.36. The molecule has 0 radical (unpaired) electrons. The van der Waals surface area contributed by atoms with E-state index >= 15 is 0 Å². The van der Waals surface area contributed by atoms with E-state index in [0.717, 1.165) is 26.4 Å². The Morgan fingerprint density at radius 3 is 2.64 bits per heavy atom. The molecule has 0 fully saturated rings. The number of carbonyl (C=O) groups is 2. The van der Waals surface area contributed by atoms with Gasteiger partial charge in [-0.3, -0.25) is 9.59 Å². The van der Waals surface area contributed by atoms with Crippen LogP contribution in [0.2, 0.25) is 0 Å². The van der Waals surface area contributed by atoms with Crippen LogP contribution in [0.25, 0.3) is 10.8 Å². The van der Waals surface area contributed by atoms with Gasteiger partial charge >= 0.3 is 0 Å². The molecule has 4 rings (SSSR count). The molecule has 168 valence electrons. The standard InChI is InChI=1S/C25H23N3O3S2/c1-16-10-11-21(22(12-16)31-2)28-23(29)13-18-14-32-25(26-18)33-15-24(30)27-20-9-5-7-17-6-3-4-8-19(17)20/h3-12,14H,13,15H2,1-2H3,(H,27,30)(H,28,29). The molecule has 0 unspecified atom stereocenters. The van der Waals surface area contributed by atoms with Crippen LogP contribution in [0.15, 0.2) is 70.4 Å². The summed E-state index contributed by atoms with van der Waals surface area (Å²) in [6.07, 6.45) is 0.149. The zero-order chi connectivity index (χ0) is 23.2. The molecule has 0 aliphatic heterocycles. The van der Waals surface area contributed by atoms with Gasteiger partial charge in [-0.2, -0.15) is 0 Å². The maximum atomic E-state index is 12.5. The minimum Gasteiger partial charge on any atom is -0.495 e. The van der Waals surface area contributed by atoms with Gasteiger partial charge in [0.05, 0.1) is 30.7 Å². The lowest BCUT2D eigenvalue weighted by atomic mass is 10.1. The average Bonchev–Trinajstić information content (AvgIpc) is 3.26. The zero-order valence-electron chi connectivity index (χ0n) is 18.3. The molecule has 0 saturated carbocycles. The van der Waals surface area contributed by atoms with E-state index in [9.17, 15) is 9.59 Å². The molecule has 0 saturated heterocycles. The van der Waals surface area contributed by atoms with Crippen LogP contribution >= 0.6 is 23.1 Å². The molecule has 2 amide bonds. The summed E-state index contributed by atoms with van der Waals surface area (Å²) in [6, 6.07) is 19.4. The Kier molecular flexibility index (Phi) is 7.26. The van der Waals surface area contributed by atoms with Crippen LogP contribution in [0.4, 0.5) is 11.4 Å². The largest absolute Gasteiger partial charge is 0.495 e. The number of aryl methyl sites for hydroxylation is 1. The van der Waals surface area contributed by atoms with Gasteiger partial charge in [0.2, 0.25) is 11.8 Å². The van der Waals surface area contributed by atoms with Gasteiger partial charge in [0.25, 0.3) is 0 Å². The number of thiazole rings is 1. The van der Waals surface area contributed by atoms with Gasteiger partial charge in [0, 0.05) is 16.5 Å². The molecule has 1 aromatic heterocycles. The topological polar surface area (TPSA) is 80.3 Å². The Bertz CT molecular complexity index is 1300. The van der Waals surface area contributed by atoms with Crippen molar-refractivity contribution in [1.29, 1.82) is 0 Å². The highest BCUT2D eigenvalue weighted by molar-refractivity contribution is 8.01. The van der Waals surface area contributed by atoms with Crippen molar-refractivity contribution in [3.8, 4) is 5.75 Å². The molecule has 0 bridgehead atoms. The lowest BCUT2D eigenvalue weighted by Gasteiger charge is -2.10. The average molecular weight is 478 g/mol. The summed E-state index contributed by atoms with van der Waals surface area (Å²) in [6.45, 7) is 1.96. The predicted molar refractivity (Wildman–Crippen MR) is 135 cm³/mol. The lowest BCUT2D eigenvalue weighted by Crippen LogP contribution is -2.15. The molecule has 0 spiro atoms. The van der Waals surface area contributed by atoms with Gasteiger partial charge in [-0.15, -0.1) is 11.3 Å². The van der Waals surface area contributed by atoms with Gasteiger partial charge < -0.3 is 15.4 Å². The predicted octanol–water partition coefficient (Wildman–Crippen LogP) is 5.53. The van der Waals surface area contributed by atoms with E-state index < -0.39 is 0 Å².